The molecule has 5 heteroatoms. The Morgan fingerprint density at radius 1 is 1.56 bits per heavy atom. The van der Waals surface area contributed by atoms with Crippen LogP contribution in [0.15, 0.2) is 18.2 Å². The maximum atomic E-state index is 9.93. The van der Waals surface area contributed by atoms with Crippen molar-refractivity contribution in [2.24, 2.45) is 5.73 Å². The number of aliphatic hydroxyl groups excluding tert-OH is 1. The molecule has 1 fully saturated rings. The molecule has 0 spiro atoms. The fourth-order valence-corrected chi connectivity index (χ4v) is 2.18. The molecule has 1 saturated heterocycles. The highest BCUT2D eigenvalue weighted by Crippen LogP contribution is 2.28. The molecule has 1 aliphatic rings. The smallest absolute Gasteiger partial charge is 0.122 e. The van der Waals surface area contributed by atoms with E-state index in [-0.39, 0.29) is 24.5 Å². The second-order valence-corrected chi connectivity index (χ2v) is 4.65. The van der Waals surface area contributed by atoms with Gasteiger partial charge in [0.05, 0.1) is 19.3 Å². The van der Waals surface area contributed by atoms with Gasteiger partial charge in [0.1, 0.15) is 5.75 Å². The molecule has 0 radical (unpaired) electrons. The van der Waals surface area contributed by atoms with Crippen LogP contribution in [0.3, 0.4) is 0 Å². The molecule has 2 rings (SSSR count). The molecule has 2 unspecified atom stereocenters. The molecule has 4 N–H and O–H groups in total. The van der Waals surface area contributed by atoms with Crippen molar-refractivity contribution < 1.29 is 14.9 Å². The van der Waals surface area contributed by atoms with E-state index in [0.717, 1.165) is 17.8 Å². The van der Waals surface area contributed by atoms with E-state index in [1.807, 2.05) is 19.1 Å². The Balaban J connectivity index is 2.16. The molecule has 0 aliphatic carbocycles. The normalized spacial score (nSPS) is 21.9. The van der Waals surface area contributed by atoms with Gasteiger partial charge < -0.3 is 25.6 Å². The van der Waals surface area contributed by atoms with Crippen LogP contribution in [0.2, 0.25) is 0 Å². The largest absolute Gasteiger partial charge is 0.508 e. The number of anilines is 1. The maximum absolute atomic E-state index is 9.93. The van der Waals surface area contributed by atoms with E-state index in [4.69, 9.17) is 15.6 Å². The third-order valence-corrected chi connectivity index (χ3v) is 3.21. The van der Waals surface area contributed by atoms with Crippen molar-refractivity contribution in [2.75, 3.05) is 31.2 Å². The number of phenolic OH excluding ortho intramolecular Hbond substituents is 1. The minimum absolute atomic E-state index is 0.0143. The molecule has 1 aromatic rings. The van der Waals surface area contributed by atoms with E-state index in [2.05, 4.69) is 4.90 Å². The summed E-state index contributed by atoms with van der Waals surface area (Å²) in [5, 5.41) is 19.0. The molecule has 2 atom stereocenters. The van der Waals surface area contributed by atoms with Gasteiger partial charge >= 0.3 is 0 Å². The van der Waals surface area contributed by atoms with Gasteiger partial charge in [-0.3, -0.25) is 0 Å². The van der Waals surface area contributed by atoms with Gasteiger partial charge in [-0.25, -0.2) is 0 Å². The minimum atomic E-state index is -0.186. The third-order valence-electron chi connectivity index (χ3n) is 3.21. The molecule has 1 heterocycles. The van der Waals surface area contributed by atoms with Crippen molar-refractivity contribution >= 4 is 5.69 Å². The van der Waals surface area contributed by atoms with E-state index in [9.17, 15) is 5.11 Å². The van der Waals surface area contributed by atoms with Crippen molar-refractivity contribution in [2.45, 2.75) is 19.1 Å². The summed E-state index contributed by atoms with van der Waals surface area (Å²) >= 11 is 0. The lowest BCUT2D eigenvalue weighted by Gasteiger charge is -2.34. The van der Waals surface area contributed by atoms with Crippen LogP contribution in [-0.4, -0.2) is 42.6 Å². The molecule has 5 nitrogen and oxygen atoms in total. The number of hydrogen-bond donors (Lipinski definition) is 3. The standard InChI is InChI=1S/C13H20N2O3/c1-9(14)12-3-2-10(6-13(12)17)15-4-5-18-11(7-15)8-16/h2-3,6,9,11,16-17H,4-5,7-8,14H2,1H3. The number of benzene rings is 1. The SMILES string of the molecule is CC(N)c1ccc(N2CCOC(CO)C2)cc1O. The summed E-state index contributed by atoms with van der Waals surface area (Å²) in [5.41, 5.74) is 7.43. The Morgan fingerprint density at radius 3 is 2.94 bits per heavy atom. The van der Waals surface area contributed by atoms with Crippen molar-refractivity contribution in [3.8, 4) is 5.75 Å². The van der Waals surface area contributed by atoms with E-state index < -0.39 is 0 Å². The predicted octanol–water partition coefficient (Wildman–Crippen LogP) is 0.609. The number of nitrogens with two attached hydrogens (primary N) is 1. The fourth-order valence-electron chi connectivity index (χ4n) is 2.18. The van der Waals surface area contributed by atoms with Crippen LogP contribution in [-0.2, 0) is 4.74 Å². The number of morpholine rings is 1. The molecule has 18 heavy (non-hydrogen) atoms. The quantitative estimate of drug-likeness (QED) is 0.734. The number of hydrogen-bond acceptors (Lipinski definition) is 5. The Morgan fingerprint density at radius 2 is 2.33 bits per heavy atom. The van der Waals surface area contributed by atoms with E-state index in [1.54, 1.807) is 6.07 Å². The van der Waals surface area contributed by atoms with Gasteiger partial charge in [-0.05, 0) is 13.0 Å². The number of rotatable bonds is 3. The van der Waals surface area contributed by atoms with E-state index >= 15 is 0 Å². The maximum Gasteiger partial charge on any atom is 0.122 e. The lowest BCUT2D eigenvalue weighted by molar-refractivity contribution is 0.00356. The Labute approximate surface area is 107 Å². The highest BCUT2D eigenvalue weighted by Gasteiger charge is 2.20. The van der Waals surface area contributed by atoms with E-state index in [0.29, 0.717) is 13.2 Å². The Bertz CT molecular complexity index is 409. The molecule has 0 aromatic heterocycles. The minimum Gasteiger partial charge on any atom is -0.508 e. The van der Waals surface area contributed by atoms with Gasteiger partial charge in [0.25, 0.3) is 0 Å². The fraction of sp³-hybridized carbons (Fsp3) is 0.538. The second kappa shape index (κ2) is 5.56. The highest BCUT2D eigenvalue weighted by molar-refractivity contribution is 5.54. The average Bonchev–Trinajstić information content (AvgIpc) is 2.38. The van der Waals surface area contributed by atoms with Crippen molar-refractivity contribution in [1.29, 1.82) is 0 Å². The molecule has 0 amide bonds. The average molecular weight is 252 g/mol. The first-order valence-electron chi connectivity index (χ1n) is 6.17. The van der Waals surface area contributed by atoms with Gasteiger partial charge in [0.15, 0.2) is 0 Å². The number of phenols is 1. The van der Waals surface area contributed by atoms with Crippen LogP contribution in [0.25, 0.3) is 0 Å². The number of aliphatic hydroxyl groups is 1. The molecule has 1 aromatic carbocycles. The first-order chi connectivity index (χ1) is 8.61. The van der Waals surface area contributed by atoms with Gasteiger partial charge in [0, 0.05) is 36.4 Å². The molecule has 0 saturated carbocycles. The molecule has 0 bridgehead atoms. The Kier molecular flexibility index (Phi) is 4.06. The van der Waals surface area contributed by atoms with Gasteiger partial charge in [-0.1, -0.05) is 6.07 Å². The van der Waals surface area contributed by atoms with Crippen LogP contribution >= 0.6 is 0 Å². The summed E-state index contributed by atoms with van der Waals surface area (Å²) in [6.45, 7) is 3.83. The number of aromatic hydroxyl groups is 1. The lowest BCUT2D eigenvalue weighted by Crippen LogP contribution is -2.44. The lowest BCUT2D eigenvalue weighted by atomic mass is 10.1. The predicted molar refractivity (Wildman–Crippen MR) is 69.7 cm³/mol. The van der Waals surface area contributed by atoms with Crippen LogP contribution in [0.5, 0.6) is 5.75 Å². The molecule has 100 valence electrons. The van der Waals surface area contributed by atoms with E-state index in [1.165, 1.54) is 0 Å². The number of nitrogens with zero attached hydrogens (tertiary/aromatic N) is 1. The summed E-state index contributed by atoms with van der Waals surface area (Å²) in [4.78, 5) is 2.09. The van der Waals surface area contributed by atoms with Crippen LogP contribution in [0.1, 0.15) is 18.5 Å². The second-order valence-electron chi connectivity index (χ2n) is 4.65. The summed E-state index contributed by atoms with van der Waals surface area (Å²) < 4.78 is 5.40. The third kappa shape index (κ3) is 2.75. The zero-order chi connectivity index (χ0) is 13.1. The highest BCUT2D eigenvalue weighted by atomic mass is 16.5. The van der Waals surface area contributed by atoms with Gasteiger partial charge in [0.2, 0.25) is 0 Å². The summed E-state index contributed by atoms with van der Waals surface area (Å²) in [6, 6.07) is 5.32. The van der Waals surface area contributed by atoms with Gasteiger partial charge in [-0.2, -0.15) is 0 Å². The summed E-state index contributed by atoms with van der Waals surface area (Å²) in [5.74, 6) is 0.217. The van der Waals surface area contributed by atoms with Crippen molar-refractivity contribution in [1.82, 2.24) is 0 Å². The van der Waals surface area contributed by atoms with Crippen molar-refractivity contribution in [3.05, 3.63) is 23.8 Å². The Hall–Kier alpha value is -1.30. The summed E-state index contributed by atoms with van der Waals surface area (Å²) in [6.07, 6.45) is -0.158. The topological polar surface area (TPSA) is 79.0 Å². The van der Waals surface area contributed by atoms with Crippen LogP contribution < -0.4 is 10.6 Å². The zero-order valence-electron chi connectivity index (χ0n) is 10.5. The van der Waals surface area contributed by atoms with Crippen molar-refractivity contribution in [3.63, 3.8) is 0 Å². The van der Waals surface area contributed by atoms with Crippen LogP contribution in [0, 0.1) is 0 Å². The zero-order valence-corrected chi connectivity index (χ0v) is 10.5. The molecular weight excluding hydrogens is 232 g/mol. The number of ether oxygens (including phenoxy) is 1. The van der Waals surface area contributed by atoms with Crippen LogP contribution in [0.4, 0.5) is 5.69 Å². The first kappa shape index (κ1) is 13.1. The molecule has 1 aliphatic heterocycles. The van der Waals surface area contributed by atoms with Gasteiger partial charge in [-0.15, -0.1) is 0 Å². The monoisotopic (exact) mass is 252 g/mol. The molecular formula is C13H20N2O3. The summed E-state index contributed by atoms with van der Waals surface area (Å²) in [7, 11) is 0. The first-order valence-corrected chi connectivity index (χ1v) is 6.17.